The van der Waals surface area contributed by atoms with E-state index in [1.807, 2.05) is 0 Å². The fourth-order valence-corrected chi connectivity index (χ4v) is 3.57. The van der Waals surface area contributed by atoms with E-state index >= 15 is 0 Å². The van der Waals surface area contributed by atoms with Gasteiger partial charge in [0, 0.05) is 22.5 Å². The molecule has 0 aliphatic rings. The van der Waals surface area contributed by atoms with E-state index in [1.165, 1.54) is 0 Å². The lowest BCUT2D eigenvalue weighted by Gasteiger charge is -2.09. The van der Waals surface area contributed by atoms with Gasteiger partial charge in [-0.3, -0.25) is 14.9 Å². The van der Waals surface area contributed by atoms with Gasteiger partial charge in [-0.2, -0.15) is 0 Å². The minimum Gasteiger partial charge on any atom is -0.452 e. The summed E-state index contributed by atoms with van der Waals surface area (Å²) in [5.41, 5.74) is 0.344. The van der Waals surface area contributed by atoms with E-state index < -0.39 is 43.8 Å². The van der Waals surface area contributed by atoms with Crippen molar-refractivity contribution >= 4 is 49.0 Å². The van der Waals surface area contributed by atoms with Crippen molar-refractivity contribution in [3.8, 4) is 0 Å². The number of esters is 1. The van der Waals surface area contributed by atoms with Crippen LogP contribution in [0, 0.1) is 17.0 Å². The summed E-state index contributed by atoms with van der Waals surface area (Å²) in [6.45, 7) is 1.17. The molecule has 0 radical (unpaired) electrons. The van der Waals surface area contributed by atoms with E-state index in [4.69, 9.17) is 4.74 Å². The molecule has 0 aliphatic carbocycles. The van der Waals surface area contributed by atoms with Crippen LogP contribution in [0.1, 0.15) is 15.9 Å². The Labute approximate surface area is 168 Å². The molecule has 0 bridgehead atoms. The first-order chi connectivity index (χ1) is 13.0. The number of halogens is 1. The molecule has 2 aromatic rings. The summed E-state index contributed by atoms with van der Waals surface area (Å²) in [6.07, 6.45) is 0.821. The number of sulfone groups is 1. The number of nitrogens with one attached hydrogen (secondary N) is 1. The molecule has 1 N–H and O–H groups in total. The summed E-state index contributed by atoms with van der Waals surface area (Å²) in [5, 5.41) is 13.7. The second-order valence-electron chi connectivity index (χ2n) is 5.80. The van der Waals surface area contributed by atoms with Gasteiger partial charge in [-0.15, -0.1) is 0 Å². The quantitative estimate of drug-likeness (QED) is 0.389. The Balaban J connectivity index is 2.09. The number of aryl methyl sites for hydroxylation is 1. The minimum absolute atomic E-state index is 0.244. The van der Waals surface area contributed by atoms with Crippen molar-refractivity contribution in [2.24, 2.45) is 0 Å². The van der Waals surface area contributed by atoms with Crippen molar-refractivity contribution in [3.63, 3.8) is 0 Å². The van der Waals surface area contributed by atoms with Crippen molar-refractivity contribution in [1.82, 2.24) is 0 Å². The number of nitro benzene ring substituents is 1. The minimum atomic E-state index is -3.85. The Morgan fingerprint density at radius 2 is 1.89 bits per heavy atom. The van der Waals surface area contributed by atoms with Crippen LogP contribution in [-0.2, 0) is 19.4 Å². The zero-order valence-electron chi connectivity index (χ0n) is 14.8. The molecule has 0 spiro atoms. The van der Waals surface area contributed by atoms with Gasteiger partial charge >= 0.3 is 5.97 Å². The van der Waals surface area contributed by atoms with E-state index in [0.29, 0.717) is 5.69 Å². The smallest absolute Gasteiger partial charge is 0.338 e. The SMILES string of the molecule is Cc1cc(Br)ccc1NC(=O)COC(=O)c1ccc(S(C)(=O)=O)c([N+](=O)[O-])c1. The van der Waals surface area contributed by atoms with Gasteiger partial charge in [-0.1, -0.05) is 15.9 Å². The third-order valence-corrected chi connectivity index (χ3v) is 5.23. The molecule has 28 heavy (non-hydrogen) atoms. The number of rotatable bonds is 6. The summed E-state index contributed by atoms with van der Waals surface area (Å²) in [5.74, 6) is -1.59. The summed E-state index contributed by atoms with van der Waals surface area (Å²) < 4.78 is 28.9. The molecule has 0 atom stereocenters. The van der Waals surface area contributed by atoms with Gasteiger partial charge < -0.3 is 10.1 Å². The molecule has 11 heteroatoms. The van der Waals surface area contributed by atoms with Gasteiger partial charge in [0.1, 0.15) is 4.90 Å². The van der Waals surface area contributed by atoms with E-state index in [-0.39, 0.29) is 5.56 Å². The van der Waals surface area contributed by atoms with Crippen LogP contribution in [0.2, 0.25) is 0 Å². The van der Waals surface area contributed by atoms with Crippen molar-refractivity contribution < 1.29 is 27.7 Å². The number of hydrogen-bond donors (Lipinski definition) is 1. The predicted molar refractivity (Wildman–Crippen MR) is 104 cm³/mol. The lowest BCUT2D eigenvalue weighted by molar-refractivity contribution is -0.387. The first-order valence-electron chi connectivity index (χ1n) is 7.70. The average molecular weight is 471 g/mol. The van der Waals surface area contributed by atoms with Crippen molar-refractivity contribution in [2.45, 2.75) is 11.8 Å². The van der Waals surface area contributed by atoms with E-state index in [2.05, 4.69) is 21.2 Å². The molecule has 0 heterocycles. The van der Waals surface area contributed by atoms with Gasteiger partial charge in [0.2, 0.25) is 0 Å². The zero-order chi connectivity index (χ0) is 21.1. The summed E-state index contributed by atoms with van der Waals surface area (Å²) in [6, 6.07) is 8.04. The Morgan fingerprint density at radius 3 is 2.46 bits per heavy atom. The molecule has 1 amide bonds. The standard InChI is InChI=1S/C17H15BrN2O7S/c1-10-7-12(18)4-5-13(10)19-16(21)9-27-17(22)11-3-6-15(28(2,25)26)14(8-11)20(23)24/h3-8H,9H2,1-2H3,(H,19,21). The molecule has 148 valence electrons. The summed E-state index contributed by atoms with van der Waals surface area (Å²) >= 11 is 3.30. The number of amides is 1. The van der Waals surface area contributed by atoms with Crippen LogP contribution < -0.4 is 5.32 Å². The Kier molecular flexibility index (Phi) is 6.52. The molecular formula is C17H15BrN2O7S. The fraction of sp³-hybridized carbons (Fsp3) is 0.176. The molecule has 9 nitrogen and oxygen atoms in total. The highest BCUT2D eigenvalue weighted by molar-refractivity contribution is 9.10. The number of ether oxygens (including phenoxy) is 1. The maximum Gasteiger partial charge on any atom is 0.338 e. The predicted octanol–water partition coefficient (Wildman–Crippen LogP) is 2.86. The van der Waals surface area contributed by atoms with Crippen LogP contribution >= 0.6 is 15.9 Å². The summed E-state index contributed by atoms with van der Waals surface area (Å²) in [7, 11) is -3.85. The third-order valence-electron chi connectivity index (χ3n) is 3.59. The number of nitro groups is 1. The highest BCUT2D eigenvalue weighted by atomic mass is 79.9. The number of hydrogen-bond acceptors (Lipinski definition) is 7. The topological polar surface area (TPSA) is 133 Å². The first kappa shape index (κ1) is 21.5. The molecule has 0 aliphatic heterocycles. The van der Waals surface area contributed by atoms with Crippen molar-refractivity contribution in [3.05, 3.63) is 62.1 Å². The van der Waals surface area contributed by atoms with Crippen LogP contribution in [-0.4, -0.2) is 38.1 Å². The second-order valence-corrected chi connectivity index (χ2v) is 8.70. The van der Waals surface area contributed by atoms with Crippen LogP contribution in [0.4, 0.5) is 11.4 Å². The van der Waals surface area contributed by atoms with Gasteiger partial charge in [0.15, 0.2) is 16.4 Å². The molecule has 2 aromatic carbocycles. The normalized spacial score (nSPS) is 11.0. The molecule has 0 fully saturated rings. The highest BCUT2D eigenvalue weighted by Crippen LogP contribution is 2.25. The van der Waals surface area contributed by atoms with Crippen LogP contribution in [0.5, 0.6) is 0 Å². The number of benzene rings is 2. The second kappa shape index (κ2) is 8.48. The maximum atomic E-state index is 12.1. The zero-order valence-corrected chi connectivity index (χ0v) is 17.2. The van der Waals surface area contributed by atoms with Gasteiger partial charge in [-0.25, -0.2) is 13.2 Å². The average Bonchev–Trinajstić information content (AvgIpc) is 2.60. The molecular weight excluding hydrogens is 456 g/mol. The van der Waals surface area contributed by atoms with Crippen molar-refractivity contribution in [2.75, 3.05) is 18.2 Å². The van der Waals surface area contributed by atoms with Gasteiger partial charge in [0.25, 0.3) is 11.6 Å². The largest absolute Gasteiger partial charge is 0.452 e. The van der Waals surface area contributed by atoms with E-state index in [9.17, 15) is 28.1 Å². The van der Waals surface area contributed by atoms with Crippen LogP contribution in [0.25, 0.3) is 0 Å². The number of carbonyl (C=O) groups excluding carboxylic acids is 2. The highest BCUT2D eigenvalue weighted by Gasteiger charge is 2.24. The van der Waals surface area contributed by atoms with E-state index in [0.717, 1.165) is 34.5 Å². The van der Waals surface area contributed by atoms with Crippen LogP contribution in [0.15, 0.2) is 45.8 Å². The fourth-order valence-electron chi connectivity index (χ4n) is 2.27. The Bertz CT molecular complexity index is 1070. The monoisotopic (exact) mass is 470 g/mol. The molecule has 0 saturated heterocycles. The molecule has 0 unspecified atom stereocenters. The first-order valence-corrected chi connectivity index (χ1v) is 10.4. The van der Waals surface area contributed by atoms with Gasteiger partial charge in [0.05, 0.1) is 10.5 Å². The number of nitrogens with zero attached hydrogens (tertiary/aromatic N) is 1. The van der Waals surface area contributed by atoms with Gasteiger partial charge in [-0.05, 0) is 42.8 Å². The van der Waals surface area contributed by atoms with E-state index in [1.54, 1.807) is 25.1 Å². The molecule has 0 saturated carbocycles. The van der Waals surface area contributed by atoms with Crippen molar-refractivity contribution in [1.29, 1.82) is 0 Å². The summed E-state index contributed by atoms with van der Waals surface area (Å²) in [4.78, 5) is 33.7. The maximum absolute atomic E-state index is 12.1. The van der Waals surface area contributed by atoms with Crippen LogP contribution in [0.3, 0.4) is 0 Å². The Morgan fingerprint density at radius 1 is 1.21 bits per heavy atom. The Hall–Kier alpha value is -2.79. The molecule has 0 aromatic heterocycles. The number of anilines is 1. The number of carbonyl (C=O) groups is 2. The lowest BCUT2D eigenvalue weighted by atomic mass is 10.2. The lowest BCUT2D eigenvalue weighted by Crippen LogP contribution is -2.21. The molecule has 2 rings (SSSR count). The third kappa shape index (κ3) is 5.36.